The zero-order chi connectivity index (χ0) is 11.7. The van der Waals surface area contributed by atoms with Gasteiger partial charge >= 0.3 is 0 Å². The summed E-state index contributed by atoms with van der Waals surface area (Å²) in [5.74, 6) is -0.297. The van der Waals surface area contributed by atoms with Gasteiger partial charge in [0.05, 0.1) is 5.69 Å². The molecular formula is C12H14FN3. The van der Waals surface area contributed by atoms with Crippen molar-refractivity contribution in [3.05, 3.63) is 47.0 Å². The molecule has 16 heavy (non-hydrogen) atoms. The van der Waals surface area contributed by atoms with Crippen LogP contribution in [0.3, 0.4) is 0 Å². The van der Waals surface area contributed by atoms with Gasteiger partial charge in [-0.05, 0) is 37.6 Å². The second-order valence-corrected chi connectivity index (χ2v) is 3.83. The van der Waals surface area contributed by atoms with Gasteiger partial charge in [0.15, 0.2) is 0 Å². The molecule has 4 heteroatoms. The van der Waals surface area contributed by atoms with Gasteiger partial charge in [0.2, 0.25) is 0 Å². The Morgan fingerprint density at radius 1 is 1.31 bits per heavy atom. The Balaban J connectivity index is 2.52. The van der Waals surface area contributed by atoms with Crippen LogP contribution in [0.5, 0.6) is 0 Å². The molecular weight excluding hydrogens is 205 g/mol. The van der Waals surface area contributed by atoms with Crippen molar-refractivity contribution < 1.29 is 4.39 Å². The van der Waals surface area contributed by atoms with Gasteiger partial charge in [-0.15, -0.1) is 0 Å². The van der Waals surface area contributed by atoms with E-state index in [-0.39, 0.29) is 5.82 Å². The first-order valence-electron chi connectivity index (χ1n) is 5.14. The standard InChI is InChI=1S/C12H14FN3/c1-8-5-9(2)16(15-8)12-4-3-10(7-14)6-11(12)13/h3-6H,7,14H2,1-2H3. The topological polar surface area (TPSA) is 43.8 Å². The molecule has 0 aliphatic carbocycles. The Morgan fingerprint density at radius 2 is 2.06 bits per heavy atom. The fourth-order valence-corrected chi connectivity index (χ4v) is 1.72. The van der Waals surface area contributed by atoms with Crippen molar-refractivity contribution in [3.8, 4) is 5.69 Å². The SMILES string of the molecule is Cc1cc(C)n(-c2ccc(CN)cc2F)n1. The number of hydrogen-bond donors (Lipinski definition) is 1. The highest BCUT2D eigenvalue weighted by molar-refractivity contribution is 5.37. The van der Waals surface area contributed by atoms with Crippen LogP contribution in [-0.2, 0) is 6.54 Å². The number of nitrogens with zero attached hydrogens (tertiary/aromatic N) is 2. The summed E-state index contributed by atoms with van der Waals surface area (Å²) >= 11 is 0. The van der Waals surface area contributed by atoms with E-state index in [1.54, 1.807) is 10.7 Å². The van der Waals surface area contributed by atoms with Gasteiger partial charge in [0.25, 0.3) is 0 Å². The van der Waals surface area contributed by atoms with Gasteiger partial charge in [-0.3, -0.25) is 0 Å². The van der Waals surface area contributed by atoms with Crippen molar-refractivity contribution in [2.24, 2.45) is 5.73 Å². The third-order valence-electron chi connectivity index (χ3n) is 2.49. The molecule has 2 N–H and O–H groups in total. The minimum Gasteiger partial charge on any atom is -0.326 e. The first kappa shape index (κ1) is 10.8. The van der Waals surface area contributed by atoms with Gasteiger partial charge < -0.3 is 5.73 Å². The fraction of sp³-hybridized carbons (Fsp3) is 0.250. The molecule has 0 bridgehead atoms. The number of hydrogen-bond acceptors (Lipinski definition) is 2. The van der Waals surface area contributed by atoms with Crippen molar-refractivity contribution in [3.63, 3.8) is 0 Å². The molecule has 1 aromatic carbocycles. The van der Waals surface area contributed by atoms with Crippen LogP contribution in [-0.4, -0.2) is 9.78 Å². The summed E-state index contributed by atoms with van der Waals surface area (Å²) in [5, 5.41) is 4.24. The average molecular weight is 219 g/mol. The highest BCUT2D eigenvalue weighted by atomic mass is 19.1. The lowest BCUT2D eigenvalue weighted by Gasteiger charge is -2.07. The second-order valence-electron chi connectivity index (χ2n) is 3.83. The van der Waals surface area contributed by atoms with Crippen molar-refractivity contribution in [1.29, 1.82) is 0 Å². The smallest absolute Gasteiger partial charge is 0.149 e. The van der Waals surface area contributed by atoms with Gasteiger partial charge in [-0.25, -0.2) is 9.07 Å². The molecule has 0 saturated heterocycles. The number of rotatable bonds is 2. The molecule has 84 valence electrons. The van der Waals surface area contributed by atoms with Gasteiger partial charge in [0, 0.05) is 12.2 Å². The van der Waals surface area contributed by atoms with Crippen LogP contribution in [0.1, 0.15) is 17.0 Å². The normalized spacial score (nSPS) is 10.8. The fourth-order valence-electron chi connectivity index (χ4n) is 1.72. The first-order chi connectivity index (χ1) is 7.61. The van der Waals surface area contributed by atoms with Gasteiger partial charge in [-0.2, -0.15) is 5.10 Å². The lowest BCUT2D eigenvalue weighted by Crippen LogP contribution is -2.04. The molecule has 0 amide bonds. The van der Waals surface area contributed by atoms with Crippen LogP contribution in [0.25, 0.3) is 5.69 Å². The number of aromatic nitrogens is 2. The monoisotopic (exact) mass is 219 g/mol. The van der Waals surface area contributed by atoms with Crippen LogP contribution in [0.4, 0.5) is 4.39 Å². The van der Waals surface area contributed by atoms with Crippen molar-refractivity contribution in [2.75, 3.05) is 0 Å². The van der Waals surface area contributed by atoms with E-state index >= 15 is 0 Å². The summed E-state index contributed by atoms with van der Waals surface area (Å²) in [4.78, 5) is 0. The first-order valence-corrected chi connectivity index (χ1v) is 5.14. The zero-order valence-corrected chi connectivity index (χ0v) is 9.37. The summed E-state index contributed by atoms with van der Waals surface area (Å²) in [6.07, 6.45) is 0. The third-order valence-corrected chi connectivity index (χ3v) is 2.49. The van der Waals surface area contributed by atoms with E-state index < -0.39 is 0 Å². The summed E-state index contributed by atoms with van der Waals surface area (Å²) in [6, 6.07) is 6.88. The molecule has 3 nitrogen and oxygen atoms in total. The molecule has 0 spiro atoms. The molecule has 2 rings (SSSR count). The van der Waals surface area contributed by atoms with Crippen LogP contribution >= 0.6 is 0 Å². The predicted molar refractivity (Wildman–Crippen MR) is 60.9 cm³/mol. The number of nitrogens with two attached hydrogens (primary N) is 1. The molecule has 0 aliphatic heterocycles. The lowest BCUT2D eigenvalue weighted by atomic mass is 10.2. The predicted octanol–water partition coefficient (Wildman–Crippen LogP) is 2.09. The van der Waals surface area contributed by atoms with Gasteiger partial charge in [-0.1, -0.05) is 6.07 Å². The third kappa shape index (κ3) is 1.84. The van der Waals surface area contributed by atoms with Crippen LogP contribution in [0, 0.1) is 19.7 Å². The Bertz CT molecular complexity index is 517. The average Bonchev–Trinajstić information content (AvgIpc) is 2.57. The van der Waals surface area contributed by atoms with Crippen molar-refractivity contribution >= 4 is 0 Å². The van der Waals surface area contributed by atoms with E-state index in [2.05, 4.69) is 5.10 Å². The van der Waals surface area contributed by atoms with Crippen LogP contribution < -0.4 is 5.73 Å². The molecule has 1 aromatic heterocycles. The highest BCUT2D eigenvalue weighted by Crippen LogP contribution is 2.17. The zero-order valence-electron chi connectivity index (χ0n) is 9.37. The summed E-state index contributed by atoms with van der Waals surface area (Å²) < 4.78 is 15.4. The molecule has 0 unspecified atom stereocenters. The largest absolute Gasteiger partial charge is 0.326 e. The summed E-state index contributed by atoms with van der Waals surface area (Å²) in [6.45, 7) is 4.13. The second kappa shape index (κ2) is 4.06. The Kier molecular flexibility index (Phi) is 2.75. The van der Waals surface area contributed by atoms with Crippen molar-refractivity contribution in [2.45, 2.75) is 20.4 Å². The number of benzene rings is 1. The maximum atomic E-state index is 13.8. The van der Waals surface area contributed by atoms with E-state index in [0.717, 1.165) is 17.0 Å². The summed E-state index contributed by atoms with van der Waals surface area (Å²) in [7, 11) is 0. The minimum atomic E-state index is -0.297. The minimum absolute atomic E-state index is 0.297. The molecule has 1 heterocycles. The molecule has 0 aliphatic rings. The van der Waals surface area contributed by atoms with E-state index in [9.17, 15) is 4.39 Å². The number of halogens is 1. The molecule has 2 aromatic rings. The Hall–Kier alpha value is -1.68. The van der Waals surface area contributed by atoms with E-state index in [1.165, 1.54) is 6.07 Å². The van der Waals surface area contributed by atoms with E-state index in [1.807, 2.05) is 26.0 Å². The van der Waals surface area contributed by atoms with Crippen LogP contribution in [0.15, 0.2) is 24.3 Å². The van der Waals surface area contributed by atoms with E-state index in [0.29, 0.717) is 12.2 Å². The maximum Gasteiger partial charge on any atom is 0.149 e. The molecule has 0 saturated carbocycles. The van der Waals surface area contributed by atoms with Gasteiger partial charge in [0.1, 0.15) is 11.5 Å². The molecule has 0 fully saturated rings. The Morgan fingerprint density at radius 3 is 2.56 bits per heavy atom. The molecule has 0 radical (unpaired) electrons. The lowest BCUT2D eigenvalue weighted by molar-refractivity contribution is 0.606. The molecule has 0 atom stereocenters. The van der Waals surface area contributed by atoms with Crippen LogP contribution in [0.2, 0.25) is 0 Å². The number of aryl methyl sites for hydroxylation is 2. The highest BCUT2D eigenvalue weighted by Gasteiger charge is 2.09. The maximum absolute atomic E-state index is 13.8. The Labute approximate surface area is 93.7 Å². The summed E-state index contributed by atoms with van der Waals surface area (Å²) in [5.41, 5.74) is 8.48. The van der Waals surface area contributed by atoms with E-state index in [4.69, 9.17) is 5.73 Å². The quantitative estimate of drug-likeness (QED) is 0.840. The van der Waals surface area contributed by atoms with Crippen molar-refractivity contribution in [1.82, 2.24) is 9.78 Å².